The van der Waals surface area contributed by atoms with E-state index in [9.17, 15) is 4.79 Å². The largest absolute Gasteiger partial charge is 0.464 e. The summed E-state index contributed by atoms with van der Waals surface area (Å²) in [6.45, 7) is 6.18. The first-order valence-corrected chi connectivity index (χ1v) is 5.78. The van der Waals surface area contributed by atoms with Crippen LogP contribution in [0.5, 0.6) is 0 Å². The van der Waals surface area contributed by atoms with Gasteiger partial charge in [0.15, 0.2) is 0 Å². The van der Waals surface area contributed by atoms with Crippen LogP contribution < -0.4 is 10.6 Å². The summed E-state index contributed by atoms with van der Waals surface area (Å²) in [7, 11) is 0. The van der Waals surface area contributed by atoms with Gasteiger partial charge in [0.05, 0.1) is 6.61 Å². The normalized spacial score (nSPS) is 12.4. The lowest BCUT2D eigenvalue weighted by Crippen LogP contribution is -2.27. The predicted molar refractivity (Wildman–Crippen MR) is 63.4 cm³/mol. The molecule has 0 saturated carbocycles. The Morgan fingerprint density at radius 2 is 2.06 bits per heavy atom. The maximum Gasteiger partial charge on any atom is 0.342 e. The minimum atomic E-state index is -0.302. The van der Waals surface area contributed by atoms with Crippen LogP contribution in [0.2, 0.25) is 0 Å². The number of fused-ring (bicyclic) bond motifs is 1. The van der Waals surface area contributed by atoms with E-state index in [2.05, 4.69) is 0 Å². The van der Waals surface area contributed by atoms with E-state index in [1.807, 2.05) is 26.0 Å². The van der Waals surface area contributed by atoms with Crippen molar-refractivity contribution in [1.82, 2.24) is 0 Å². The molecule has 0 fully saturated rings. The van der Waals surface area contributed by atoms with Crippen LogP contribution in [0.4, 0.5) is 0 Å². The fourth-order valence-electron chi connectivity index (χ4n) is 1.56. The molecule has 1 aromatic heterocycles. The van der Waals surface area contributed by atoms with Crippen molar-refractivity contribution in [3.05, 3.63) is 22.5 Å². The Hall–Kier alpha value is -1.51. The minimum Gasteiger partial charge on any atom is -0.464 e. The Morgan fingerprint density at radius 3 is 2.75 bits per heavy atom. The summed E-state index contributed by atoms with van der Waals surface area (Å²) < 4.78 is 10.2. The molecule has 0 atom stereocenters. The molecule has 1 aliphatic carbocycles. The highest BCUT2D eigenvalue weighted by molar-refractivity contribution is 5.89. The van der Waals surface area contributed by atoms with E-state index in [4.69, 9.17) is 9.15 Å². The third-order valence-corrected chi connectivity index (χ3v) is 2.20. The predicted octanol–water partition coefficient (Wildman–Crippen LogP) is 1.84. The molecule has 0 radical (unpaired) electrons. The van der Waals surface area contributed by atoms with Crippen molar-refractivity contribution >= 4 is 18.1 Å². The Balaban J connectivity index is 0.000000606. The molecule has 0 unspecified atom stereocenters. The summed E-state index contributed by atoms with van der Waals surface area (Å²) in [6.07, 6.45) is 7.42. The second kappa shape index (κ2) is 6.16. The van der Waals surface area contributed by atoms with Gasteiger partial charge in [-0.1, -0.05) is 19.9 Å². The highest BCUT2D eigenvalue weighted by Gasteiger charge is 2.12. The Labute approximate surface area is 95.4 Å². The molecular weight excluding hydrogens is 204 g/mol. The average Bonchev–Trinajstić information content (AvgIpc) is 2.76. The number of esters is 1. The lowest BCUT2D eigenvalue weighted by Gasteiger charge is -1.98. The Kier molecular flexibility index (Phi) is 4.83. The molecule has 0 aliphatic heterocycles. The molecule has 16 heavy (non-hydrogen) atoms. The van der Waals surface area contributed by atoms with E-state index >= 15 is 0 Å². The van der Waals surface area contributed by atoms with Crippen molar-refractivity contribution < 1.29 is 13.9 Å². The van der Waals surface area contributed by atoms with Gasteiger partial charge in [-0.25, -0.2) is 4.79 Å². The number of carbonyl (C=O) groups excluding carboxylic acids is 1. The quantitative estimate of drug-likeness (QED) is 0.717. The highest BCUT2D eigenvalue weighted by atomic mass is 16.5. The van der Waals surface area contributed by atoms with E-state index in [0.717, 1.165) is 23.5 Å². The molecule has 1 aliphatic rings. The molecule has 3 nitrogen and oxygen atoms in total. The van der Waals surface area contributed by atoms with E-state index in [0.29, 0.717) is 12.2 Å². The number of hydrogen-bond donors (Lipinski definition) is 0. The second-order valence-electron chi connectivity index (χ2n) is 3.13. The van der Waals surface area contributed by atoms with Crippen LogP contribution in [-0.2, 0) is 4.74 Å². The van der Waals surface area contributed by atoms with Crippen molar-refractivity contribution in [3.8, 4) is 0 Å². The van der Waals surface area contributed by atoms with Gasteiger partial charge in [0.1, 0.15) is 17.2 Å². The molecule has 1 aromatic rings. The third-order valence-electron chi connectivity index (χ3n) is 2.20. The highest BCUT2D eigenvalue weighted by Crippen LogP contribution is 2.00. The molecule has 0 saturated heterocycles. The Bertz CT molecular complexity index is 454. The first-order valence-electron chi connectivity index (χ1n) is 5.78. The number of ether oxygens (including phenoxy) is 1. The van der Waals surface area contributed by atoms with Gasteiger partial charge in [-0.15, -0.1) is 0 Å². The van der Waals surface area contributed by atoms with Gasteiger partial charge in [-0.05, 0) is 25.8 Å². The monoisotopic (exact) mass is 222 g/mol. The van der Waals surface area contributed by atoms with Crippen LogP contribution in [-0.4, -0.2) is 12.6 Å². The topological polar surface area (TPSA) is 39.4 Å². The summed E-state index contributed by atoms with van der Waals surface area (Å²) >= 11 is 0. The summed E-state index contributed by atoms with van der Waals surface area (Å²) in [5.74, 6) is -0.302. The van der Waals surface area contributed by atoms with Gasteiger partial charge in [-0.2, -0.15) is 0 Å². The van der Waals surface area contributed by atoms with E-state index in [1.54, 1.807) is 6.92 Å². The smallest absolute Gasteiger partial charge is 0.342 e. The van der Waals surface area contributed by atoms with Gasteiger partial charge >= 0.3 is 5.97 Å². The standard InChI is InChI=1S/C11H12O3.C2H6/c1-2-13-11(12)9-7-14-10-6-4-3-5-8(9)10;1-2/h5-7H,2-4H2,1H3;1-2H3. The van der Waals surface area contributed by atoms with E-state index < -0.39 is 0 Å². The van der Waals surface area contributed by atoms with Gasteiger partial charge in [0.2, 0.25) is 0 Å². The molecule has 0 spiro atoms. The summed E-state index contributed by atoms with van der Waals surface area (Å²) in [6, 6.07) is 0. The summed E-state index contributed by atoms with van der Waals surface area (Å²) in [5.41, 5.74) is 1.33. The van der Waals surface area contributed by atoms with Gasteiger partial charge in [0.25, 0.3) is 0 Å². The van der Waals surface area contributed by atoms with Crippen molar-refractivity contribution in [2.75, 3.05) is 6.61 Å². The molecular formula is C13H18O3. The zero-order valence-corrected chi connectivity index (χ0v) is 10.1. The average molecular weight is 222 g/mol. The van der Waals surface area contributed by atoms with Crippen LogP contribution in [0.1, 0.15) is 44.0 Å². The van der Waals surface area contributed by atoms with Gasteiger partial charge in [0, 0.05) is 5.22 Å². The molecule has 0 bridgehead atoms. The number of furan rings is 1. The SMILES string of the molecule is CC.CCOC(=O)c1coc2c1=CCCC=2. The number of hydrogen-bond acceptors (Lipinski definition) is 3. The third kappa shape index (κ3) is 2.54. The van der Waals surface area contributed by atoms with Crippen molar-refractivity contribution in [2.45, 2.75) is 33.6 Å². The van der Waals surface area contributed by atoms with Gasteiger partial charge in [-0.3, -0.25) is 0 Å². The first kappa shape index (κ1) is 12.6. The number of carbonyl (C=O) groups is 1. The first-order chi connectivity index (χ1) is 7.83. The van der Waals surface area contributed by atoms with Crippen LogP contribution in [0, 0.1) is 0 Å². The molecule has 88 valence electrons. The van der Waals surface area contributed by atoms with Crippen LogP contribution in [0.15, 0.2) is 10.7 Å². The van der Waals surface area contributed by atoms with Crippen molar-refractivity contribution in [2.24, 2.45) is 0 Å². The fraction of sp³-hybridized carbons (Fsp3) is 0.462. The maximum atomic E-state index is 11.5. The summed E-state index contributed by atoms with van der Waals surface area (Å²) in [5, 5.41) is 0.884. The molecule has 0 N–H and O–H groups in total. The lowest BCUT2D eigenvalue weighted by atomic mass is 10.1. The van der Waals surface area contributed by atoms with Crippen molar-refractivity contribution in [3.63, 3.8) is 0 Å². The summed E-state index contributed by atoms with van der Waals surface area (Å²) in [4.78, 5) is 11.5. The molecule has 0 aromatic carbocycles. The van der Waals surface area contributed by atoms with Crippen LogP contribution in [0.25, 0.3) is 12.2 Å². The van der Waals surface area contributed by atoms with Crippen molar-refractivity contribution in [1.29, 1.82) is 0 Å². The van der Waals surface area contributed by atoms with E-state index in [-0.39, 0.29) is 5.97 Å². The Morgan fingerprint density at radius 1 is 1.38 bits per heavy atom. The second-order valence-corrected chi connectivity index (χ2v) is 3.13. The lowest BCUT2D eigenvalue weighted by molar-refractivity contribution is 0.0524. The van der Waals surface area contributed by atoms with E-state index in [1.165, 1.54) is 6.26 Å². The molecule has 3 heteroatoms. The maximum absolute atomic E-state index is 11.5. The molecule has 1 heterocycles. The van der Waals surface area contributed by atoms with Crippen LogP contribution in [0.3, 0.4) is 0 Å². The molecule has 0 amide bonds. The zero-order valence-electron chi connectivity index (χ0n) is 10.1. The minimum absolute atomic E-state index is 0.302. The van der Waals surface area contributed by atoms with Crippen LogP contribution >= 0.6 is 0 Å². The number of rotatable bonds is 2. The molecule has 2 rings (SSSR count). The fourth-order valence-corrected chi connectivity index (χ4v) is 1.56. The van der Waals surface area contributed by atoms with Gasteiger partial charge < -0.3 is 9.15 Å². The zero-order chi connectivity index (χ0) is 12.0.